The molecule has 2 aromatic heterocycles. The minimum absolute atomic E-state index is 0.0235. The number of hydrogen-bond donors (Lipinski definition) is 1. The Morgan fingerprint density at radius 1 is 1.39 bits per heavy atom. The van der Waals surface area contributed by atoms with Crippen molar-refractivity contribution in [2.45, 2.75) is 25.2 Å². The number of hydrogen-bond acceptors (Lipinski definition) is 7. The number of likely N-dealkylation sites (N-methyl/N-ethyl adjacent to an activating group) is 1. The number of carboxylic acids is 1. The molecule has 0 aliphatic carbocycles. The lowest BCUT2D eigenvalue weighted by molar-refractivity contribution is -0.192. The molecule has 0 fully saturated rings. The summed E-state index contributed by atoms with van der Waals surface area (Å²) in [6.45, 7) is 3.18. The monoisotopic (exact) mass is 463 g/mol. The molecule has 3 rings (SSSR count). The smallest absolute Gasteiger partial charge is 0.475 e. The van der Waals surface area contributed by atoms with E-state index in [0.29, 0.717) is 6.61 Å². The summed E-state index contributed by atoms with van der Waals surface area (Å²) in [6, 6.07) is 4.23. The molecule has 3 heterocycles. The summed E-state index contributed by atoms with van der Waals surface area (Å²) in [6.07, 6.45) is -5.08. The van der Waals surface area contributed by atoms with Gasteiger partial charge < -0.3 is 14.7 Å². The van der Waals surface area contributed by atoms with Gasteiger partial charge in [0.1, 0.15) is 12.3 Å². The van der Waals surface area contributed by atoms with Gasteiger partial charge in [-0.2, -0.15) is 13.2 Å². The third-order valence-electron chi connectivity index (χ3n) is 4.43. The largest absolute Gasteiger partial charge is 0.490 e. The molecule has 0 bridgehead atoms. The van der Waals surface area contributed by atoms with Crippen LogP contribution in [0.4, 0.5) is 13.2 Å². The molecule has 0 saturated heterocycles. The SMILES string of the molecule is CN(C)C(=O)COCC1CN(Cc2cccs2)Cc2nnn(C)c21.O=C(O)C(F)(F)F. The fourth-order valence-electron chi connectivity index (χ4n) is 2.99. The molecule has 1 aliphatic heterocycles. The highest BCUT2D eigenvalue weighted by atomic mass is 32.1. The molecule has 172 valence electrons. The van der Waals surface area contributed by atoms with Gasteiger partial charge in [0.05, 0.1) is 12.3 Å². The maximum Gasteiger partial charge on any atom is 0.490 e. The summed E-state index contributed by atoms with van der Waals surface area (Å²) in [7, 11) is 5.38. The first-order chi connectivity index (χ1) is 14.5. The second-order valence-electron chi connectivity index (χ2n) is 7.10. The van der Waals surface area contributed by atoms with Gasteiger partial charge in [-0.05, 0) is 11.4 Å². The Morgan fingerprint density at radius 3 is 2.61 bits per heavy atom. The number of rotatable bonds is 6. The van der Waals surface area contributed by atoms with Crippen molar-refractivity contribution in [2.24, 2.45) is 7.05 Å². The summed E-state index contributed by atoms with van der Waals surface area (Å²) in [5.41, 5.74) is 2.13. The molecule has 1 atom stereocenters. The van der Waals surface area contributed by atoms with E-state index >= 15 is 0 Å². The van der Waals surface area contributed by atoms with Gasteiger partial charge in [-0.25, -0.2) is 4.79 Å². The molecule has 2 aromatic rings. The Bertz CT molecular complexity index is 870. The second-order valence-corrected chi connectivity index (χ2v) is 8.13. The summed E-state index contributed by atoms with van der Waals surface area (Å²) in [5, 5.41) is 17.7. The Labute approximate surface area is 181 Å². The van der Waals surface area contributed by atoms with Gasteiger partial charge in [-0.1, -0.05) is 11.3 Å². The highest BCUT2D eigenvalue weighted by Crippen LogP contribution is 2.28. The maximum atomic E-state index is 11.7. The first-order valence-corrected chi connectivity index (χ1v) is 10.1. The summed E-state index contributed by atoms with van der Waals surface area (Å²) < 4.78 is 39.2. The van der Waals surface area contributed by atoms with Crippen LogP contribution in [0.3, 0.4) is 0 Å². The fraction of sp³-hybridized carbons (Fsp3) is 0.556. The van der Waals surface area contributed by atoms with E-state index in [9.17, 15) is 18.0 Å². The van der Waals surface area contributed by atoms with Gasteiger partial charge in [0.2, 0.25) is 5.91 Å². The summed E-state index contributed by atoms with van der Waals surface area (Å²) in [5.74, 6) is -2.61. The zero-order chi connectivity index (χ0) is 23.2. The number of carbonyl (C=O) groups excluding carboxylic acids is 1. The number of carboxylic acid groups (broad SMARTS) is 1. The van der Waals surface area contributed by atoms with Gasteiger partial charge in [0.25, 0.3) is 0 Å². The van der Waals surface area contributed by atoms with Gasteiger partial charge in [-0.3, -0.25) is 14.4 Å². The zero-order valence-electron chi connectivity index (χ0n) is 17.3. The lowest BCUT2D eigenvalue weighted by atomic mass is 9.99. The van der Waals surface area contributed by atoms with Crippen LogP contribution in [0.25, 0.3) is 0 Å². The van der Waals surface area contributed by atoms with Crippen molar-refractivity contribution in [1.29, 1.82) is 0 Å². The lowest BCUT2D eigenvalue weighted by Gasteiger charge is -2.31. The topological polar surface area (TPSA) is 101 Å². The predicted molar refractivity (Wildman–Crippen MR) is 105 cm³/mol. The van der Waals surface area contributed by atoms with Crippen molar-refractivity contribution in [3.8, 4) is 0 Å². The van der Waals surface area contributed by atoms with Gasteiger partial charge in [0, 0.05) is 51.6 Å². The average molecular weight is 463 g/mol. The van der Waals surface area contributed by atoms with Gasteiger partial charge in [-0.15, -0.1) is 16.4 Å². The Hall–Kier alpha value is -2.51. The van der Waals surface area contributed by atoms with E-state index in [1.165, 1.54) is 4.88 Å². The van der Waals surface area contributed by atoms with Crippen LogP contribution >= 0.6 is 11.3 Å². The Balaban J connectivity index is 0.000000423. The highest BCUT2D eigenvalue weighted by Gasteiger charge is 2.38. The number of aryl methyl sites for hydroxylation is 1. The van der Waals surface area contributed by atoms with Crippen LogP contribution in [-0.4, -0.2) is 81.8 Å². The lowest BCUT2D eigenvalue weighted by Crippen LogP contribution is -2.36. The van der Waals surface area contributed by atoms with Gasteiger partial charge >= 0.3 is 12.1 Å². The Morgan fingerprint density at radius 2 is 2.06 bits per heavy atom. The van der Waals surface area contributed by atoms with E-state index in [1.807, 2.05) is 11.7 Å². The molecule has 1 unspecified atom stereocenters. The van der Waals surface area contributed by atoms with Crippen LogP contribution in [-0.2, 0) is 34.5 Å². The van der Waals surface area contributed by atoms with Crippen LogP contribution in [0.1, 0.15) is 22.2 Å². The summed E-state index contributed by atoms with van der Waals surface area (Å²) in [4.78, 5) is 25.8. The zero-order valence-corrected chi connectivity index (χ0v) is 18.1. The fourth-order valence-corrected chi connectivity index (χ4v) is 3.73. The van der Waals surface area contributed by atoms with E-state index < -0.39 is 12.1 Å². The normalized spacial score (nSPS) is 16.3. The molecule has 9 nitrogen and oxygen atoms in total. The molecule has 0 aromatic carbocycles. The van der Waals surface area contributed by atoms with Crippen molar-refractivity contribution in [3.63, 3.8) is 0 Å². The number of ether oxygens (including phenoxy) is 1. The third-order valence-corrected chi connectivity index (χ3v) is 5.29. The van der Waals surface area contributed by atoms with Crippen LogP contribution in [0.5, 0.6) is 0 Å². The maximum absolute atomic E-state index is 11.7. The number of nitrogens with zero attached hydrogens (tertiary/aromatic N) is 5. The molecule has 13 heteroatoms. The van der Waals surface area contributed by atoms with Crippen LogP contribution in [0.15, 0.2) is 17.5 Å². The third kappa shape index (κ3) is 7.29. The van der Waals surface area contributed by atoms with Crippen molar-refractivity contribution in [1.82, 2.24) is 24.8 Å². The number of alkyl halides is 3. The quantitative estimate of drug-likeness (QED) is 0.696. The molecule has 1 N–H and O–H groups in total. The first kappa shape index (κ1) is 24.8. The number of aliphatic carboxylic acids is 1. The predicted octanol–water partition coefficient (Wildman–Crippen LogP) is 1.71. The molecule has 31 heavy (non-hydrogen) atoms. The van der Waals surface area contributed by atoms with Crippen molar-refractivity contribution in [3.05, 3.63) is 33.8 Å². The number of carbonyl (C=O) groups is 2. The number of halogens is 3. The number of amides is 1. The average Bonchev–Trinajstić information content (AvgIpc) is 3.31. The number of thiophene rings is 1. The Kier molecular flexibility index (Phi) is 8.53. The molecule has 1 aliphatic rings. The van der Waals surface area contributed by atoms with Crippen LogP contribution in [0, 0.1) is 0 Å². The number of aromatic nitrogens is 3. The highest BCUT2D eigenvalue weighted by molar-refractivity contribution is 7.09. The number of fused-ring (bicyclic) bond motifs is 1. The summed E-state index contributed by atoms with van der Waals surface area (Å²) >= 11 is 1.76. The van der Waals surface area contributed by atoms with Crippen LogP contribution < -0.4 is 0 Å². The molecular formula is C18H24F3N5O4S. The van der Waals surface area contributed by atoms with E-state index in [4.69, 9.17) is 14.6 Å². The van der Waals surface area contributed by atoms with Crippen molar-refractivity contribution < 1.29 is 32.6 Å². The molecule has 0 saturated carbocycles. The standard InChI is InChI=1S/C16H23N5O2S.C2HF3O2/c1-19(2)15(22)11-23-10-12-7-21(8-13-5-4-6-24-13)9-14-16(12)20(3)18-17-14;3-2(4,5)1(6)7/h4-6,12H,7-11H2,1-3H3;(H,6,7). The van der Waals surface area contributed by atoms with E-state index in [2.05, 4.69) is 32.7 Å². The van der Waals surface area contributed by atoms with E-state index in [0.717, 1.165) is 31.0 Å². The molecule has 0 radical (unpaired) electrons. The second kappa shape index (κ2) is 10.7. The minimum atomic E-state index is -5.08. The minimum Gasteiger partial charge on any atom is -0.475 e. The van der Waals surface area contributed by atoms with Gasteiger partial charge in [0.15, 0.2) is 0 Å². The molecular weight excluding hydrogens is 439 g/mol. The van der Waals surface area contributed by atoms with E-state index in [-0.39, 0.29) is 18.4 Å². The molecule has 0 spiro atoms. The first-order valence-electron chi connectivity index (χ1n) is 9.20. The van der Waals surface area contributed by atoms with E-state index in [1.54, 1.807) is 30.3 Å². The van der Waals surface area contributed by atoms with Crippen molar-refractivity contribution in [2.75, 3.05) is 33.9 Å². The van der Waals surface area contributed by atoms with Crippen LogP contribution in [0.2, 0.25) is 0 Å². The van der Waals surface area contributed by atoms with Crippen molar-refractivity contribution >= 4 is 23.2 Å². The molecule has 1 amide bonds.